The predicted molar refractivity (Wildman–Crippen MR) is 100 cm³/mol. The minimum Gasteiger partial charge on any atom is -0.389 e. The zero-order chi connectivity index (χ0) is 17.2. The highest BCUT2D eigenvalue weighted by molar-refractivity contribution is 4.89. The molecule has 0 radical (unpaired) electrons. The molecular weight excluding hydrogens is 298 g/mol. The molecule has 0 aromatic carbocycles. The Balaban J connectivity index is 1.37. The van der Waals surface area contributed by atoms with E-state index in [0.717, 1.165) is 50.5 Å². The molecule has 3 aliphatic rings. The number of rotatable bonds is 5. The minimum absolute atomic E-state index is 0.408. The first kappa shape index (κ1) is 18.6. The van der Waals surface area contributed by atoms with E-state index in [1.807, 2.05) is 0 Å². The topological polar surface area (TPSA) is 30.0 Å². The van der Waals surface area contributed by atoms with Gasteiger partial charge in [0.1, 0.15) is 0 Å². The van der Waals surface area contributed by atoms with Crippen molar-refractivity contribution in [2.45, 2.75) is 77.0 Å². The Kier molecular flexibility index (Phi) is 6.23. The van der Waals surface area contributed by atoms with E-state index in [4.69, 9.17) is 0 Å². The molecule has 1 aliphatic carbocycles. The van der Waals surface area contributed by atoms with Gasteiger partial charge in [0.25, 0.3) is 0 Å². The van der Waals surface area contributed by atoms with Crippen LogP contribution in [0.5, 0.6) is 0 Å². The summed E-state index contributed by atoms with van der Waals surface area (Å²) >= 11 is 0. The van der Waals surface area contributed by atoms with E-state index in [1.165, 1.54) is 51.9 Å². The molecule has 1 saturated carbocycles. The molecule has 0 aromatic heterocycles. The SMILES string of the molecule is CC1CCC(O)(CN2CCN(CCN3C(C)CCC3C)CC2)CC1. The fourth-order valence-electron chi connectivity index (χ4n) is 4.99. The average Bonchev–Trinajstić information content (AvgIpc) is 2.89. The van der Waals surface area contributed by atoms with Crippen LogP contribution in [-0.2, 0) is 0 Å². The molecule has 2 aliphatic heterocycles. The van der Waals surface area contributed by atoms with Crippen LogP contribution in [0.15, 0.2) is 0 Å². The van der Waals surface area contributed by atoms with Crippen molar-refractivity contribution < 1.29 is 5.11 Å². The molecule has 1 N–H and O–H groups in total. The Morgan fingerprint density at radius 2 is 1.33 bits per heavy atom. The average molecular weight is 338 g/mol. The predicted octanol–water partition coefficient (Wildman–Crippen LogP) is 2.42. The molecule has 3 rings (SSSR count). The maximum atomic E-state index is 10.9. The molecule has 0 spiro atoms. The molecule has 0 amide bonds. The Morgan fingerprint density at radius 3 is 1.92 bits per heavy atom. The molecule has 2 unspecified atom stereocenters. The zero-order valence-electron chi connectivity index (χ0n) is 16.2. The molecule has 3 fully saturated rings. The molecule has 2 atom stereocenters. The van der Waals surface area contributed by atoms with Crippen LogP contribution < -0.4 is 0 Å². The van der Waals surface area contributed by atoms with Gasteiger partial charge in [-0.05, 0) is 58.3 Å². The highest BCUT2D eigenvalue weighted by Gasteiger charge is 2.34. The normalized spacial score (nSPS) is 40.2. The third-order valence-electron chi connectivity index (χ3n) is 7.00. The first-order chi connectivity index (χ1) is 11.5. The number of piperazine rings is 1. The Bertz CT molecular complexity index is 376. The quantitative estimate of drug-likeness (QED) is 0.834. The van der Waals surface area contributed by atoms with Crippen molar-refractivity contribution in [1.29, 1.82) is 0 Å². The van der Waals surface area contributed by atoms with Gasteiger partial charge in [-0.1, -0.05) is 6.92 Å². The number of aliphatic hydroxyl groups is 1. The molecule has 4 nitrogen and oxygen atoms in total. The van der Waals surface area contributed by atoms with Crippen LogP contribution in [0.2, 0.25) is 0 Å². The Hall–Kier alpha value is -0.160. The van der Waals surface area contributed by atoms with E-state index in [0.29, 0.717) is 0 Å². The van der Waals surface area contributed by atoms with E-state index in [9.17, 15) is 5.11 Å². The maximum absolute atomic E-state index is 10.9. The van der Waals surface area contributed by atoms with E-state index in [2.05, 4.69) is 35.5 Å². The lowest BCUT2D eigenvalue weighted by atomic mass is 9.79. The van der Waals surface area contributed by atoms with Gasteiger partial charge in [0.2, 0.25) is 0 Å². The smallest absolute Gasteiger partial charge is 0.0774 e. The summed E-state index contributed by atoms with van der Waals surface area (Å²) in [5, 5.41) is 10.9. The highest BCUT2D eigenvalue weighted by Crippen LogP contribution is 2.32. The van der Waals surface area contributed by atoms with Gasteiger partial charge in [0.15, 0.2) is 0 Å². The van der Waals surface area contributed by atoms with Gasteiger partial charge in [-0.25, -0.2) is 0 Å². The van der Waals surface area contributed by atoms with E-state index in [1.54, 1.807) is 0 Å². The van der Waals surface area contributed by atoms with Crippen LogP contribution in [0.25, 0.3) is 0 Å². The van der Waals surface area contributed by atoms with Crippen LogP contribution in [0.1, 0.15) is 59.3 Å². The molecule has 2 saturated heterocycles. The first-order valence-corrected chi connectivity index (χ1v) is 10.4. The Morgan fingerprint density at radius 1 is 0.792 bits per heavy atom. The number of hydrogen-bond donors (Lipinski definition) is 1. The second kappa shape index (κ2) is 8.03. The molecule has 0 aromatic rings. The van der Waals surface area contributed by atoms with Gasteiger partial charge < -0.3 is 5.11 Å². The summed E-state index contributed by atoms with van der Waals surface area (Å²) in [5.41, 5.74) is -0.408. The molecular formula is C20H39N3O. The van der Waals surface area contributed by atoms with Gasteiger partial charge in [-0.3, -0.25) is 14.7 Å². The highest BCUT2D eigenvalue weighted by atomic mass is 16.3. The van der Waals surface area contributed by atoms with Crippen molar-refractivity contribution in [3.8, 4) is 0 Å². The third-order valence-corrected chi connectivity index (χ3v) is 7.00. The monoisotopic (exact) mass is 337 g/mol. The van der Waals surface area contributed by atoms with Gasteiger partial charge in [-0.15, -0.1) is 0 Å². The summed E-state index contributed by atoms with van der Waals surface area (Å²) in [4.78, 5) is 7.83. The van der Waals surface area contributed by atoms with Gasteiger partial charge in [-0.2, -0.15) is 0 Å². The zero-order valence-corrected chi connectivity index (χ0v) is 16.2. The fraction of sp³-hybridized carbons (Fsp3) is 1.00. The second-order valence-electron chi connectivity index (χ2n) is 9.04. The van der Waals surface area contributed by atoms with Crippen LogP contribution in [0, 0.1) is 5.92 Å². The largest absolute Gasteiger partial charge is 0.389 e. The van der Waals surface area contributed by atoms with Crippen molar-refractivity contribution in [3.05, 3.63) is 0 Å². The molecule has 140 valence electrons. The van der Waals surface area contributed by atoms with Crippen LogP contribution in [-0.4, -0.2) is 83.3 Å². The summed E-state index contributed by atoms with van der Waals surface area (Å²) in [6.07, 6.45) is 7.13. The third kappa shape index (κ3) is 4.72. The van der Waals surface area contributed by atoms with Crippen molar-refractivity contribution in [2.24, 2.45) is 5.92 Å². The van der Waals surface area contributed by atoms with Gasteiger partial charge in [0, 0.05) is 57.9 Å². The summed E-state index contributed by atoms with van der Waals surface area (Å²) in [5.74, 6) is 0.803. The van der Waals surface area contributed by atoms with Gasteiger partial charge >= 0.3 is 0 Å². The van der Waals surface area contributed by atoms with Crippen LogP contribution in [0.4, 0.5) is 0 Å². The lowest BCUT2D eigenvalue weighted by Gasteiger charge is -2.42. The standard InChI is InChI=1S/C20H39N3O/c1-17-6-8-20(24,9-7-17)16-22-12-10-21(11-13-22)14-15-23-18(2)4-5-19(23)3/h17-19,24H,4-16H2,1-3H3. The number of β-amino-alcohol motifs (C(OH)–C–C–N with tert-alkyl or cyclic N) is 1. The van der Waals surface area contributed by atoms with Crippen molar-refractivity contribution in [1.82, 2.24) is 14.7 Å². The lowest BCUT2D eigenvalue weighted by Crippen LogP contribution is -2.53. The summed E-state index contributed by atoms with van der Waals surface area (Å²) < 4.78 is 0. The molecule has 0 bridgehead atoms. The Labute approximate surface area is 149 Å². The number of likely N-dealkylation sites (tertiary alicyclic amines) is 1. The van der Waals surface area contributed by atoms with Crippen molar-refractivity contribution >= 4 is 0 Å². The van der Waals surface area contributed by atoms with Crippen LogP contribution >= 0.6 is 0 Å². The maximum Gasteiger partial charge on any atom is 0.0774 e. The van der Waals surface area contributed by atoms with E-state index >= 15 is 0 Å². The fourth-order valence-corrected chi connectivity index (χ4v) is 4.99. The molecule has 24 heavy (non-hydrogen) atoms. The number of hydrogen-bond acceptors (Lipinski definition) is 4. The van der Waals surface area contributed by atoms with E-state index < -0.39 is 5.60 Å². The van der Waals surface area contributed by atoms with Crippen molar-refractivity contribution in [2.75, 3.05) is 45.8 Å². The second-order valence-corrected chi connectivity index (χ2v) is 9.04. The van der Waals surface area contributed by atoms with Crippen molar-refractivity contribution in [3.63, 3.8) is 0 Å². The van der Waals surface area contributed by atoms with E-state index in [-0.39, 0.29) is 0 Å². The summed E-state index contributed by atoms with van der Waals surface area (Å²) in [7, 11) is 0. The minimum atomic E-state index is -0.408. The molecule has 2 heterocycles. The van der Waals surface area contributed by atoms with Gasteiger partial charge in [0.05, 0.1) is 5.60 Å². The molecule has 4 heteroatoms. The summed E-state index contributed by atoms with van der Waals surface area (Å²) in [6.45, 7) is 15.0. The summed E-state index contributed by atoms with van der Waals surface area (Å²) in [6, 6.07) is 1.54. The van der Waals surface area contributed by atoms with Crippen LogP contribution in [0.3, 0.4) is 0 Å². The first-order valence-electron chi connectivity index (χ1n) is 10.4. The lowest BCUT2D eigenvalue weighted by molar-refractivity contribution is -0.0437. The number of nitrogens with zero attached hydrogens (tertiary/aromatic N) is 3.